The molecule has 2 bridgehead atoms. The fraction of sp³-hybridized carbons (Fsp3) is 0.543. The van der Waals surface area contributed by atoms with Crippen LogP contribution in [-0.2, 0) is 30.7 Å². The average Bonchev–Trinajstić information content (AvgIpc) is 3.76. The maximum Gasteiger partial charge on any atom is 0.407 e. The molecule has 11 nitrogen and oxygen atoms in total. The zero-order chi connectivity index (χ0) is 33.3. The summed E-state index contributed by atoms with van der Waals surface area (Å²) in [7, 11) is -4.01. The summed E-state index contributed by atoms with van der Waals surface area (Å²) < 4.78 is 52.7. The van der Waals surface area contributed by atoms with Crippen molar-refractivity contribution in [2.24, 2.45) is 23.7 Å². The standard InChI is InChI=1S/C35H45N3O8S/c1-21(2)17-38(47(41,42)26-12-10-24(11-13-26)31-16-36-33(45-31)22(3)4)18-30(39)29(14-23-8-6-5-7-9-23)37-35(40)46-32-25-15-27-28(32)20-44-34(27)43-19-25/h5-13,16,21-22,25,27-30,32,34,39H,14-15,17-20H2,1-4H3,(H,37,40)/t25?,27?,28?,29-,30+,32?,34?/m0/s1. The van der Waals surface area contributed by atoms with Gasteiger partial charge in [-0.05, 0) is 48.6 Å². The molecule has 0 radical (unpaired) electrons. The van der Waals surface area contributed by atoms with Crippen LogP contribution < -0.4 is 5.32 Å². The van der Waals surface area contributed by atoms with Gasteiger partial charge in [0.05, 0.1) is 36.5 Å². The van der Waals surface area contributed by atoms with Crippen LogP contribution in [0.4, 0.5) is 4.79 Å². The molecule has 12 heteroatoms. The molecule has 2 N–H and O–H groups in total. The predicted octanol–water partition coefficient (Wildman–Crippen LogP) is 4.82. The lowest BCUT2D eigenvalue weighted by Gasteiger charge is -2.31. The van der Waals surface area contributed by atoms with Crippen molar-refractivity contribution in [3.05, 3.63) is 72.2 Å². The largest absolute Gasteiger partial charge is 0.445 e. The number of alkyl carbamates (subject to hydrolysis) is 1. The molecular formula is C35H45N3O8S. The smallest absolute Gasteiger partial charge is 0.407 e. The summed E-state index contributed by atoms with van der Waals surface area (Å²) in [6.07, 6.45) is 0.366. The molecule has 254 valence electrons. The number of benzene rings is 2. The van der Waals surface area contributed by atoms with E-state index in [9.17, 15) is 18.3 Å². The SMILES string of the molecule is CC(C)CN(C[C@@H](O)[C@H](Cc1ccccc1)NC(=O)OC1C2COC3OCC1C3C2)S(=O)(=O)c1ccc(-c2cnc(C(C)C)o2)cc1. The van der Waals surface area contributed by atoms with Gasteiger partial charge in [0.1, 0.15) is 6.10 Å². The minimum absolute atomic E-state index is 0.0215. The number of fused-ring (bicyclic) bond motifs is 1. The maximum atomic E-state index is 14.0. The predicted molar refractivity (Wildman–Crippen MR) is 174 cm³/mol. The summed E-state index contributed by atoms with van der Waals surface area (Å²) in [6.45, 7) is 8.73. The number of hydrogen-bond donors (Lipinski definition) is 2. The number of rotatable bonds is 13. The summed E-state index contributed by atoms with van der Waals surface area (Å²) in [4.78, 5) is 17.8. The number of oxazole rings is 1. The molecule has 0 spiro atoms. The summed E-state index contributed by atoms with van der Waals surface area (Å²) in [5.74, 6) is 1.67. The number of aliphatic hydroxyl groups excluding tert-OH is 1. The van der Waals surface area contributed by atoms with Gasteiger partial charge in [-0.2, -0.15) is 4.31 Å². The third-order valence-electron chi connectivity index (χ3n) is 9.35. The highest BCUT2D eigenvalue weighted by Crippen LogP contribution is 2.49. The lowest BCUT2D eigenvalue weighted by molar-refractivity contribution is -0.169. The van der Waals surface area contributed by atoms with Crippen LogP contribution >= 0.6 is 0 Å². The molecule has 7 atom stereocenters. The van der Waals surface area contributed by atoms with Gasteiger partial charge in [0.2, 0.25) is 10.0 Å². The number of sulfonamides is 1. The maximum absolute atomic E-state index is 14.0. The first kappa shape index (κ1) is 33.6. The lowest BCUT2D eigenvalue weighted by Crippen LogP contribution is -2.52. The Morgan fingerprint density at radius 3 is 2.43 bits per heavy atom. The molecule has 47 heavy (non-hydrogen) atoms. The van der Waals surface area contributed by atoms with Gasteiger partial charge in [0.25, 0.3) is 0 Å². The number of nitrogens with one attached hydrogen (secondary N) is 1. The first-order chi connectivity index (χ1) is 22.5. The summed E-state index contributed by atoms with van der Waals surface area (Å²) in [5.41, 5.74) is 1.60. The Labute approximate surface area is 276 Å². The Hall–Kier alpha value is -3.29. The van der Waals surface area contributed by atoms with Crippen molar-refractivity contribution in [1.82, 2.24) is 14.6 Å². The van der Waals surface area contributed by atoms with Gasteiger partial charge in [-0.1, -0.05) is 58.0 Å². The topological polar surface area (TPSA) is 140 Å². The summed E-state index contributed by atoms with van der Waals surface area (Å²) >= 11 is 0. The van der Waals surface area contributed by atoms with Crippen LogP contribution in [0.25, 0.3) is 11.3 Å². The molecular weight excluding hydrogens is 622 g/mol. The number of aromatic nitrogens is 1. The molecule has 3 aromatic rings. The zero-order valence-electron chi connectivity index (χ0n) is 27.3. The van der Waals surface area contributed by atoms with Crippen LogP contribution in [0.1, 0.15) is 51.5 Å². The molecule has 2 aromatic carbocycles. The highest BCUT2D eigenvalue weighted by molar-refractivity contribution is 7.89. The Bertz CT molecular complexity index is 1610. The van der Waals surface area contributed by atoms with Crippen molar-refractivity contribution >= 4 is 16.1 Å². The minimum Gasteiger partial charge on any atom is -0.445 e. The number of carbonyl (C=O) groups is 1. The van der Waals surface area contributed by atoms with Crippen LogP contribution in [-0.4, -0.2) is 79.7 Å². The molecule has 1 aromatic heterocycles. The van der Waals surface area contributed by atoms with Crippen LogP contribution in [0.3, 0.4) is 0 Å². The van der Waals surface area contributed by atoms with Gasteiger partial charge in [-0.3, -0.25) is 0 Å². The molecule has 2 saturated heterocycles. The number of carbonyl (C=O) groups excluding carboxylic acids is 1. The van der Waals surface area contributed by atoms with Crippen LogP contribution in [0.2, 0.25) is 0 Å². The highest BCUT2D eigenvalue weighted by atomic mass is 32.2. The van der Waals surface area contributed by atoms with Gasteiger partial charge < -0.3 is 29.1 Å². The third-order valence-corrected chi connectivity index (χ3v) is 11.2. The molecule has 3 fully saturated rings. The fourth-order valence-corrected chi connectivity index (χ4v) is 8.57. The van der Waals surface area contributed by atoms with Crippen LogP contribution in [0.15, 0.2) is 70.1 Å². The quantitative estimate of drug-likeness (QED) is 0.263. The number of amides is 1. The van der Waals surface area contributed by atoms with E-state index >= 15 is 0 Å². The Morgan fingerprint density at radius 2 is 1.74 bits per heavy atom. The summed E-state index contributed by atoms with van der Waals surface area (Å²) in [5, 5.41) is 14.5. The van der Waals surface area contributed by atoms with E-state index in [2.05, 4.69) is 10.3 Å². The average molecular weight is 668 g/mol. The molecule has 6 rings (SSSR count). The van der Waals surface area contributed by atoms with E-state index in [1.165, 1.54) is 16.4 Å². The van der Waals surface area contributed by atoms with Crippen molar-refractivity contribution in [2.45, 2.75) is 75.9 Å². The number of ether oxygens (including phenoxy) is 3. The Morgan fingerprint density at radius 1 is 1.02 bits per heavy atom. The fourth-order valence-electron chi connectivity index (χ4n) is 6.95. The minimum atomic E-state index is -4.01. The second-order valence-electron chi connectivity index (χ2n) is 13.7. The van der Waals surface area contributed by atoms with E-state index in [4.69, 9.17) is 18.6 Å². The molecule has 2 aliphatic heterocycles. The molecule has 3 aliphatic rings. The van der Waals surface area contributed by atoms with E-state index in [-0.39, 0.29) is 66.4 Å². The second kappa shape index (κ2) is 14.1. The van der Waals surface area contributed by atoms with Gasteiger partial charge in [0, 0.05) is 42.3 Å². The van der Waals surface area contributed by atoms with Crippen molar-refractivity contribution in [1.29, 1.82) is 0 Å². The van der Waals surface area contributed by atoms with E-state index in [1.807, 2.05) is 58.0 Å². The zero-order valence-corrected chi connectivity index (χ0v) is 28.1. The van der Waals surface area contributed by atoms with Crippen LogP contribution in [0.5, 0.6) is 0 Å². The molecule has 1 amide bonds. The third kappa shape index (κ3) is 7.41. The number of aliphatic hydroxyl groups is 1. The molecule has 1 saturated carbocycles. The van der Waals surface area contributed by atoms with E-state index < -0.39 is 28.3 Å². The molecule has 5 unspecified atom stereocenters. The first-order valence-corrected chi connectivity index (χ1v) is 17.9. The Kier molecular flexibility index (Phi) is 10.0. The molecule has 1 aliphatic carbocycles. The van der Waals surface area contributed by atoms with Gasteiger partial charge in [-0.25, -0.2) is 18.2 Å². The van der Waals surface area contributed by atoms with Crippen molar-refractivity contribution < 1.29 is 36.9 Å². The van der Waals surface area contributed by atoms with Crippen molar-refractivity contribution in [3.8, 4) is 11.3 Å². The van der Waals surface area contributed by atoms with Gasteiger partial charge >= 0.3 is 6.09 Å². The first-order valence-electron chi connectivity index (χ1n) is 16.5. The number of hydrogen-bond acceptors (Lipinski definition) is 9. The number of nitrogens with zero attached hydrogens (tertiary/aromatic N) is 2. The van der Waals surface area contributed by atoms with Crippen LogP contribution in [0, 0.1) is 23.7 Å². The summed E-state index contributed by atoms with van der Waals surface area (Å²) in [6, 6.07) is 15.1. The van der Waals surface area contributed by atoms with E-state index in [0.29, 0.717) is 30.4 Å². The Balaban J connectivity index is 1.18. The van der Waals surface area contributed by atoms with Gasteiger partial charge in [0.15, 0.2) is 17.9 Å². The van der Waals surface area contributed by atoms with Crippen molar-refractivity contribution in [2.75, 3.05) is 26.3 Å². The second-order valence-corrected chi connectivity index (χ2v) is 15.6. The van der Waals surface area contributed by atoms with Gasteiger partial charge in [-0.15, -0.1) is 0 Å². The van der Waals surface area contributed by atoms with E-state index in [1.54, 1.807) is 18.3 Å². The van der Waals surface area contributed by atoms with E-state index in [0.717, 1.165) is 12.0 Å². The van der Waals surface area contributed by atoms with Crippen molar-refractivity contribution in [3.63, 3.8) is 0 Å². The lowest BCUT2D eigenvalue weighted by atomic mass is 9.98. The highest BCUT2D eigenvalue weighted by Gasteiger charge is 2.56. The monoisotopic (exact) mass is 667 g/mol. The normalized spacial score (nSPS) is 25.0. The molecule has 3 heterocycles.